The minimum Gasteiger partial charge on any atom is -0.426 e. The van der Waals surface area contributed by atoms with Crippen LogP contribution in [0.2, 0.25) is 0 Å². The summed E-state index contributed by atoms with van der Waals surface area (Å²) in [5.74, 6) is -6.32. The van der Waals surface area contributed by atoms with Crippen molar-refractivity contribution >= 4 is 35.8 Å². The summed E-state index contributed by atoms with van der Waals surface area (Å²) in [6, 6.07) is 11.1. The second kappa shape index (κ2) is 11.0. The van der Waals surface area contributed by atoms with Crippen molar-refractivity contribution in [3.63, 3.8) is 0 Å². The van der Waals surface area contributed by atoms with E-state index in [9.17, 15) is 28.8 Å². The van der Waals surface area contributed by atoms with Gasteiger partial charge in [0.2, 0.25) is 0 Å². The van der Waals surface area contributed by atoms with Crippen LogP contribution in [0.3, 0.4) is 0 Å². The Morgan fingerprint density at radius 2 is 0.938 bits per heavy atom. The topological polar surface area (TPSA) is 139 Å². The summed E-state index contributed by atoms with van der Waals surface area (Å²) in [6.45, 7) is 2.26. The molecule has 0 bridgehead atoms. The lowest BCUT2D eigenvalue weighted by Crippen LogP contribution is -2.15. The quantitative estimate of drug-likeness (QED) is 0.284. The number of hydrogen-bond acceptors (Lipinski definition) is 10. The van der Waals surface area contributed by atoms with Crippen molar-refractivity contribution in [2.75, 3.05) is 0 Å². The van der Waals surface area contributed by atoms with Crippen LogP contribution < -0.4 is 9.47 Å². The molecule has 2 rings (SSSR count). The molecular formula is C22H16O10. The van der Waals surface area contributed by atoms with Crippen LogP contribution in [0.25, 0.3) is 0 Å². The molecule has 0 aliphatic carbocycles. The van der Waals surface area contributed by atoms with Gasteiger partial charge in [-0.05, 0) is 24.3 Å². The van der Waals surface area contributed by atoms with Gasteiger partial charge in [-0.3, -0.25) is 9.59 Å². The highest BCUT2D eigenvalue weighted by molar-refractivity contribution is 6.05. The number of benzene rings is 2. The Bertz CT molecular complexity index is 1030. The lowest BCUT2D eigenvalue weighted by Gasteiger charge is -2.07. The van der Waals surface area contributed by atoms with Crippen LogP contribution in [0.15, 0.2) is 60.7 Å². The molecule has 0 fully saturated rings. The normalized spacial score (nSPS) is 10.2. The largest absolute Gasteiger partial charge is 0.426 e. The summed E-state index contributed by atoms with van der Waals surface area (Å²) in [4.78, 5) is 70.0. The molecule has 0 N–H and O–H groups in total. The maximum Gasteiger partial charge on any atom is 0.349 e. The van der Waals surface area contributed by atoms with Crippen LogP contribution in [0.4, 0.5) is 0 Å². The van der Waals surface area contributed by atoms with Gasteiger partial charge in [0.15, 0.2) is 0 Å². The maximum absolute atomic E-state index is 12.1. The molecule has 0 atom stereocenters. The van der Waals surface area contributed by atoms with Crippen molar-refractivity contribution in [3.05, 3.63) is 71.8 Å². The third kappa shape index (κ3) is 7.02. The number of carbonyl (C=O) groups excluding carboxylic acids is 6. The number of hydrogen-bond donors (Lipinski definition) is 0. The highest BCUT2D eigenvalue weighted by Crippen LogP contribution is 2.20. The van der Waals surface area contributed by atoms with Gasteiger partial charge in [-0.1, -0.05) is 24.3 Å². The van der Waals surface area contributed by atoms with E-state index < -0.39 is 35.8 Å². The van der Waals surface area contributed by atoms with E-state index in [4.69, 9.17) is 9.47 Å². The van der Waals surface area contributed by atoms with E-state index in [1.54, 1.807) is 0 Å². The van der Waals surface area contributed by atoms with Gasteiger partial charge in [0, 0.05) is 26.0 Å². The van der Waals surface area contributed by atoms with E-state index in [0.717, 1.165) is 13.8 Å². The van der Waals surface area contributed by atoms with E-state index >= 15 is 0 Å². The molecule has 0 amide bonds. The molecule has 0 unspecified atom stereocenters. The van der Waals surface area contributed by atoms with Gasteiger partial charge >= 0.3 is 35.8 Å². The Hall–Kier alpha value is -4.60. The molecule has 2 aromatic carbocycles. The zero-order valence-corrected chi connectivity index (χ0v) is 16.9. The van der Waals surface area contributed by atoms with Crippen LogP contribution in [-0.4, -0.2) is 35.8 Å². The Kier molecular flexibility index (Phi) is 8.12. The summed E-state index contributed by atoms with van der Waals surface area (Å²) >= 11 is 0. The summed E-state index contributed by atoms with van der Waals surface area (Å²) < 4.78 is 18.8. The molecule has 0 aromatic heterocycles. The van der Waals surface area contributed by atoms with E-state index in [-0.39, 0.29) is 22.6 Å². The Morgan fingerprint density at radius 1 is 0.594 bits per heavy atom. The summed E-state index contributed by atoms with van der Waals surface area (Å²) in [5.41, 5.74) is -0.381. The average molecular weight is 440 g/mol. The number of ether oxygens (including phenoxy) is 4. The Morgan fingerprint density at radius 3 is 1.28 bits per heavy atom. The summed E-state index contributed by atoms with van der Waals surface area (Å²) in [7, 11) is 0. The summed E-state index contributed by atoms with van der Waals surface area (Å²) in [5, 5.41) is 0. The van der Waals surface area contributed by atoms with Crippen molar-refractivity contribution in [1.82, 2.24) is 0 Å². The zero-order chi connectivity index (χ0) is 23.7. The molecular weight excluding hydrogens is 424 g/mol. The second-order valence-electron chi connectivity index (χ2n) is 5.93. The van der Waals surface area contributed by atoms with E-state index in [0.29, 0.717) is 12.2 Å². The minimum atomic E-state index is -1.24. The molecule has 0 heterocycles. The second-order valence-corrected chi connectivity index (χ2v) is 5.93. The van der Waals surface area contributed by atoms with Crippen LogP contribution in [-0.2, 0) is 28.7 Å². The number of rotatable bonds is 6. The summed E-state index contributed by atoms with van der Waals surface area (Å²) in [6.07, 6.45) is 1.14. The maximum atomic E-state index is 12.1. The fourth-order valence-electron chi connectivity index (χ4n) is 2.26. The Labute approximate surface area is 181 Å². The van der Waals surface area contributed by atoms with E-state index in [1.165, 1.54) is 48.5 Å². The first-order valence-electron chi connectivity index (χ1n) is 8.92. The molecule has 0 aliphatic heterocycles. The first-order chi connectivity index (χ1) is 15.2. The van der Waals surface area contributed by atoms with Crippen LogP contribution in [0.5, 0.6) is 11.5 Å². The molecule has 0 saturated heterocycles. The molecule has 164 valence electrons. The molecule has 10 heteroatoms. The van der Waals surface area contributed by atoms with Gasteiger partial charge in [-0.2, -0.15) is 0 Å². The molecule has 2 aromatic rings. The fourth-order valence-corrected chi connectivity index (χ4v) is 2.26. The molecule has 0 spiro atoms. The van der Waals surface area contributed by atoms with Gasteiger partial charge in [0.25, 0.3) is 0 Å². The van der Waals surface area contributed by atoms with Crippen molar-refractivity contribution < 1.29 is 47.7 Å². The van der Waals surface area contributed by atoms with Crippen molar-refractivity contribution in [3.8, 4) is 11.5 Å². The van der Waals surface area contributed by atoms with Crippen molar-refractivity contribution in [2.45, 2.75) is 13.8 Å². The smallest absolute Gasteiger partial charge is 0.349 e. The van der Waals surface area contributed by atoms with Gasteiger partial charge in [0.1, 0.15) is 22.6 Å². The molecule has 0 aliphatic rings. The highest BCUT2D eigenvalue weighted by atomic mass is 16.6. The third-order valence-corrected chi connectivity index (χ3v) is 3.46. The minimum absolute atomic E-state index is 0.113. The lowest BCUT2D eigenvalue weighted by molar-refractivity contribution is -0.135. The van der Waals surface area contributed by atoms with E-state index in [2.05, 4.69) is 9.47 Å². The van der Waals surface area contributed by atoms with Crippen LogP contribution >= 0.6 is 0 Å². The number of esters is 6. The lowest BCUT2D eigenvalue weighted by atomic mass is 10.2. The molecule has 32 heavy (non-hydrogen) atoms. The number of carbonyl (C=O) groups is 6. The van der Waals surface area contributed by atoms with E-state index in [1.807, 2.05) is 0 Å². The molecule has 0 radical (unpaired) electrons. The highest BCUT2D eigenvalue weighted by Gasteiger charge is 2.19. The molecule has 10 nitrogen and oxygen atoms in total. The standard InChI is InChI=1S/C22H16O10/c1-13(23)29-17-9-5-3-7-15(17)21(27)31-19(25)11-12-20(26)32-22(28)16-8-4-6-10-18(16)30-14(2)24/h3-12H,1-2H3/b12-11+. The van der Waals surface area contributed by atoms with Crippen molar-refractivity contribution in [2.24, 2.45) is 0 Å². The first-order valence-corrected chi connectivity index (χ1v) is 8.92. The predicted molar refractivity (Wildman–Crippen MR) is 105 cm³/mol. The third-order valence-electron chi connectivity index (χ3n) is 3.46. The average Bonchev–Trinajstić information content (AvgIpc) is 2.72. The van der Waals surface area contributed by atoms with Crippen molar-refractivity contribution in [1.29, 1.82) is 0 Å². The zero-order valence-electron chi connectivity index (χ0n) is 16.9. The van der Waals surface area contributed by atoms with Gasteiger partial charge in [0.05, 0.1) is 0 Å². The predicted octanol–water partition coefficient (Wildman–Crippen LogP) is 2.16. The van der Waals surface area contributed by atoms with Gasteiger partial charge in [-0.25, -0.2) is 19.2 Å². The van der Waals surface area contributed by atoms with Gasteiger partial charge in [-0.15, -0.1) is 0 Å². The fraction of sp³-hybridized carbons (Fsp3) is 0.0909. The first kappa shape index (κ1) is 23.7. The van der Waals surface area contributed by atoms with Crippen LogP contribution in [0, 0.1) is 0 Å². The van der Waals surface area contributed by atoms with Gasteiger partial charge < -0.3 is 18.9 Å². The van der Waals surface area contributed by atoms with Crippen LogP contribution in [0.1, 0.15) is 34.6 Å². The molecule has 0 saturated carbocycles. The SMILES string of the molecule is CC(=O)Oc1ccccc1C(=O)OC(=O)/C=C/C(=O)OC(=O)c1ccccc1OC(C)=O. The Balaban J connectivity index is 1.99. The monoisotopic (exact) mass is 440 g/mol. The number of para-hydroxylation sites is 2.